The lowest BCUT2D eigenvalue weighted by Gasteiger charge is -2.06. The van der Waals surface area contributed by atoms with E-state index in [1.165, 1.54) is 26.4 Å². The lowest BCUT2D eigenvalue weighted by atomic mass is 10.3. The first-order valence-corrected chi connectivity index (χ1v) is 5.28. The molecule has 0 aliphatic heterocycles. The van der Waals surface area contributed by atoms with Crippen molar-refractivity contribution < 1.29 is 17.9 Å². The number of benzene rings is 1. The molecular weight excluding hydrogens is 206 g/mol. The van der Waals surface area contributed by atoms with Crippen molar-refractivity contribution in [2.24, 2.45) is 5.14 Å². The van der Waals surface area contributed by atoms with Crippen molar-refractivity contribution in [2.75, 3.05) is 14.2 Å². The minimum absolute atomic E-state index is 0.0336. The second kappa shape index (κ2) is 3.85. The van der Waals surface area contributed by atoms with Crippen molar-refractivity contribution in [3.63, 3.8) is 0 Å². The van der Waals surface area contributed by atoms with Gasteiger partial charge in [0.2, 0.25) is 10.0 Å². The topological polar surface area (TPSA) is 78.6 Å². The fraction of sp³-hybridized carbons (Fsp3) is 0.250. The molecular formula is C8H11NO4S. The molecule has 0 radical (unpaired) electrons. The Balaban J connectivity index is 3.32. The van der Waals surface area contributed by atoms with Crippen LogP contribution >= 0.6 is 0 Å². The Morgan fingerprint density at radius 1 is 1.07 bits per heavy atom. The minimum Gasteiger partial charge on any atom is -0.497 e. The van der Waals surface area contributed by atoms with Gasteiger partial charge in [-0.1, -0.05) is 0 Å². The van der Waals surface area contributed by atoms with Gasteiger partial charge in [0.15, 0.2) is 0 Å². The summed E-state index contributed by atoms with van der Waals surface area (Å²) in [5.74, 6) is 0.766. The molecule has 0 aromatic heterocycles. The Kier molecular flexibility index (Phi) is 2.97. The zero-order chi connectivity index (χ0) is 10.8. The highest BCUT2D eigenvalue weighted by Gasteiger charge is 2.11. The monoisotopic (exact) mass is 217 g/mol. The zero-order valence-corrected chi connectivity index (χ0v) is 8.67. The van der Waals surface area contributed by atoms with Crippen molar-refractivity contribution in [3.05, 3.63) is 18.2 Å². The van der Waals surface area contributed by atoms with Gasteiger partial charge in [0.1, 0.15) is 11.5 Å². The molecule has 1 aromatic rings. The van der Waals surface area contributed by atoms with Gasteiger partial charge in [0, 0.05) is 18.2 Å². The number of primary sulfonamides is 1. The average Bonchev–Trinajstić information content (AvgIpc) is 2.15. The molecule has 78 valence electrons. The Hall–Kier alpha value is -1.27. The fourth-order valence-electron chi connectivity index (χ4n) is 0.946. The van der Waals surface area contributed by atoms with Gasteiger partial charge < -0.3 is 9.47 Å². The summed E-state index contributed by atoms with van der Waals surface area (Å²) in [5.41, 5.74) is 0. The molecule has 0 aliphatic carbocycles. The quantitative estimate of drug-likeness (QED) is 0.792. The van der Waals surface area contributed by atoms with E-state index < -0.39 is 10.0 Å². The van der Waals surface area contributed by atoms with Gasteiger partial charge in [-0.3, -0.25) is 0 Å². The molecule has 0 heterocycles. The van der Waals surface area contributed by atoms with Crippen molar-refractivity contribution in [2.45, 2.75) is 4.90 Å². The lowest BCUT2D eigenvalue weighted by molar-refractivity contribution is 0.392. The van der Waals surface area contributed by atoms with E-state index in [0.717, 1.165) is 0 Å². The van der Waals surface area contributed by atoms with E-state index in [2.05, 4.69) is 0 Å². The molecule has 14 heavy (non-hydrogen) atoms. The van der Waals surface area contributed by atoms with E-state index in [9.17, 15) is 8.42 Å². The van der Waals surface area contributed by atoms with Crippen LogP contribution in [0.5, 0.6) is 11.5 Å². The summed E-state index contributed by atoms with van der Waals surface area (Å²) in [5, 5.41) is 4.97. The summed E-state index contributed by atoms with van der Waals surface area (Å²) in [4.78, 5) is -0.0336. The fourth-order valence-corrected chi connectivity index (χ4v) is 1.51. The number of hydrogen-bond acceptors (Lipinski definition) is 4. The third-order valence-electron chi connectivity index (χ3n) is 1.65. The predicted octanol–water partition coefficient (Wildman–Crippen LogP) is 0.351. The van der Waals surface area contributed by atoms with Gasteiger partial charge >= 0.3 is 0 Å². The number of rotatable bonds is 3. The number of ether oxygens (including phenoxy) is 2. The molecule has 0 atom stereocenters. The Morgan fingerprint density at radius 3 is 1.79 bits per heavy atom. The molecule has 0 unspecified atom stereocenters. The maximum absolute atomic E-state index is 11.0. The molecule has 0 spiro atoms. The first-order valence-electron chi connectivity index (χ1n) is 3.73. The van der Waals surface area contributed by atoms with E-state index >= 15 is 0 Å². The molecule has 6 heteroatoms. The second-order valence-corrected chi connectivity index (χ2v) is 4.15. The maximum Gasteiger partial charge on any atom is 0.238 e. The van der Waals surface area contributed by atoms with E-state index in [1.54, 1.807) is 6.07 Å². The Morgan fingerprint density at radius 2 is 1.50 bits per heavy atom. The zero-order valence-electron chi connectivity index (χ0n) is 7.85. The number of methoxy groups -OCH3 is 2. The first kappa shape index (κ1) is 10.8. The Bertz CT molecular complexity index is 405. The third-order valence-corrected chi connectivity index (χ3v) is 2.55. The van der Waals surface area contributed by atoms with Gasteiger partial charge in [-0.15, -0.1) is 0 Å². The standard InChI is InChI=1S/C8H11NO4S/c1-12-6-3-7(13-2)5-8(4-6)14(9,10)11/h3-5H,1-2H3,(H2,9,10,11). The molecule has 2 N–H and O–H groups in total. The van der Waals surface area contributed by atoms with Gasteiger partial charge in [-0.05, 0) is 0 Å². The average molecular weight is 217 g/mol. The normalized spacial score (nSPS) is 11.1. The highest BCUT2D eigenvalue weighted by Crippen LogP contribution is 2.24. The number of nitrogens with two attached hydrogens (primary N) is 1. The summed E-state index contributed by atoms with van der Waals surface area (Å²) < 4.78 is 31.9. The Labute approximate surface area is 82.5 Å². The molecule has 1 rings (SSSR count). The van der Waals surface area contributed by atoms with E-state index in [-0.39, 0.29) is 4.90 Å². The summed E-state index contributed by atoms with van der Waals surface area (Å²) >= 11 is 0. The first-order chi connectivity index (χ1) is 6.47. The molecule has 0 aliphatic rings. The van der Waals surface area contributed by atoms with Crippen molar-refractivity contribution in [3.8, 4) is 11.5 Å². The largest absolute Gasteiger partial charge is 0.497 e. The third kappa shape index (κ3) is 2.36. The van der Waals surface area contributed by atoms with Crippen molar-refractivity contribution >= 4 is 10.0 Å². The highest BCUT2D eigenvalue weighted by molar-refractivity contribution is 7.89. The van der Waals surface area contributed by atoms with Crippen molar-refractivity contribution in [1.29, 1.82) is 0 Å². The van der Waals surface area contributed by atoms with Crippen LogP contribution in [0.2, 0.25) is 0 Å². The van der Waals surface area contributed by atoms with Crippen LogP contribution in [0, 0.1) is 0 Å². The molecule has 5 nitrogen and oxygen atoms in total. The van der Waals surface area contributed by atoms with E-state index in [1.807, 2.05) is 0 Å². The van der Waals surface area contributed by atoms with Crippen LogP contribution < -0.4 is 14.6 Å². The maximum atomic E-state index is 11.0. The van der Waals surface area contributed by atoms with E-state index in [4.69, 9.17) is 14.6 Å². The molecule has 0 bridgehead atoms. The summed E-state index contributed by atoms with van der Waals surface area (Å²) in [6, 6.07) is 4.23. The van der Waals surface area contributed by atoms with Crippen LogP contribution in [0.3, 0.4) is 0 Å². The van der Waals surface area contributed by atoms with Crippen LogP contribution in [0.1, 0.15) is 0 Å². The van der Waals surface area contributed by atoms with Gasteiger partial charge in [-0.2, -0.15) is 0 Å². The smallest absolute Gasteiger partial charge is 0.238 e. The second-order valence-electron chi connectivity index (χ2n) is 2.59. The molecule has 0 saturated heterocycles. The number of sulfonamides is 1. The molecule has 1 aromatic carbocycles. The van der Waals surface area contributed by atoms with Gasteiger partial charge in [-0.25, -0.2) is 13.6 Å². The molecule has 0 saturated carbocycles. The summed E-state index contributed by atoms with van der Waals surface area (Å²) in [6.45, 7) is 0. The summed E-state index contributed by atoms with van der Waals surface area (Å²) in [7, 11) is -0.864. The van der Waals surface area contributed by atoms with Crippen LogP contribution in [-0.4, -0.2) is 22.6 Å². The predicted molar refractivity (Wildman–Crippen MR) is 50.9 cm³/mol. The summed E-state index contributed by atoms with van der Waals surface area (Å²) in [6.07, 6.45) is 0. The lowest BCUT2D eigenvalue weighted by Crippen LogP contribution is -2.12. The van der Waals surface area contributed by atoms with Gasteiger partial charge in [0.05, 0.1) is 19.1 Å². The van der Waals surface area contributed by atoms with Crippen molar-refractivity contribution in [1.82, 2.24) is 0 Å². The van der Waals surface area contributed by atoms with Gasteiger partial charge in [0.25, 0.3) is 0 Å². The van der Waals surface area contributed by atoms with Crippen LogP contribution in [0.4, 0.5) is 0 Å². The molecule has 0 fully saturated rings. The SMILES string of the molecule is COc1cc(OC)cc(S(N)(=O)=O)c1. The van der Waals surface area contributed by atoms with E-state index in [0.29, 0.717) is 11.5 Å². The van der Waals surface area contributed by atoms with Crippen LogP contribution in [0.25, 0.3) is 0 Å². The molecule has 0 amide bonds. The van der Waals surface area contributed by atoms with Crippen LogP contribution in [-0.2, 0) is 10.0 Å². The number of hydrogen-bond donors (Lipinski definition) is 1. The minimum atomic E-state index is -3.73. The highest BCUT2D eigenvalue weighted by atomic mass is 32.2. The van der Waals surface area contributed by atoms with Crippen LogP contribution in [0.15, 0.2) is 23.1 Å².